The minimum absolute atomic E-state index is 0.177. The number of aliphatic hydroxyl groups excluding tert-OH is 1. The number of thiazole rings is 1. The monoisotopic (exact) mass is 331 g/mol. The third-order valence-electron chi connectivity index (χ3n) is 4.20. The van der Waals surface area contributed by atoms with Crippen LogP contribution in [0, 0.1) is 12.8 Å². The summed E-state index contributed by atoms with van der Waals surface area (Å²) in [5.74, 6) is 0.177. The van der Waals surface area contributed by atoms with Crippen LogP contribution in [0.15, 0.2) is 29.6 Å². The highest BCUT2D eigenvalue weighted by Gasteiger charge is 2.25. The lowest BCUT2D eigenvalue weighted by atomic mass is 10.1. The number of hydrogen-bond acceptors (Lipinski definition) is 4. The normalized spacial score (nSPS) is 20.4. The van der Waals surface area contributed by atoms with Crippen LogP contribution in [0.1, 0.15) is 24.3 Å². The molecule has 0 saturated heterocycles. The maximum atomic E-state index is 11.9. The molecule has 5 nitrogen and oxygen atoms in total. The third kappa shape index (κ3) is 4.09. The Morgan fingerprint density at radius 1 is 1.35 bits per heavy atom. The predicted molar refractivity (Wildman–Crippen MR) is 92.7 cm³/mol. The lowest BCUT2D eigenvalue weighted by molar-refractivity contribution is 0.133. The van der Waals surface area contributed by atoms with Gasteiger partial charge in [-0.25, -0.2) is 9.78 Å². The van der Waals surface area contributed by atoms with E-state index in [1.54, 1.807) is 11.3 Å². The Balaban J connectivity index is 1.52. The van der Waals surface area contributed by atoms with Gasteiger partial charge in [-0.2, -0.15) is 0 Å². The first-order valence-electron chi connectivity index (χ1n) is 7.87. The summed E-state index contributed by atoms with van der Waals surface area (Å²) in [5, 5.41) is 18.5. The number of urea groups is 1. The Hall–Kier alpha value is -1.92. The van der Waals surface area contributed by atoms with Crippen molar-refractivity contribution in [1.29, 1.82) is 0 Å². The summed E-state index contributed by atoms with van der Waals surface area (Å²) < 4.78 is 0. The molecule has 0 spiro atoms. The number of benzene rings is 1. The first kappa shape index (κ1) is 16.0. The highest BCUT2D eigenvalue weighted by molar-refractivity contribution is 7.09. The molecule has 1 fully saturated rings. The topological polar surface area (TPSA) is 74.2 Å². The van der Waals surface area contributed by atoms with E-state index in [-0.39, 0.29) is 18.1 Å². The summed E-state index contributed by atoms with van der Waals surface area (Å²) >= 11 is 1.62. The SMILES string of the molecule is Cc1nc(-c2ccc(NC(=O)NC[C@@H]3CCC[C@@H]3O)cc2)cs1. The maximum Gasteiger partial charge on any atom is 0.319 e. The molecule has 1 aliphatic carbocycles. The van der Waals surface area contributed by atoms with Crippen LogP contribution >= 0.6 is 11.3 Å². The van der Waals surface area contributed by atoms with Crippen LogP contribution in [0.4, 0.5) is 10.5 Å². The number of hydrogen-bond donors (Lipinski definition) is 3. The quantitative estimate of drug-likeness (QED) is 0.804. The molecule has 1 aliphatic rings. The lowest BCUT2D eigenvalue weighted by Gasteiger charge is -2.15. The summed E-state index contributed by atoms with van der Waals surface area (Å²) in [6, 6.07) is 7.40. The average molecular weight is 331 g/mol. The van der Waals surface area contributed by atoms with Crippen LogP contribution in [-0.2, 0) is 0 Å². The number of amides is 2. The van der Waals surface area contributed by atoms with Crippen LogP contribution < -0.4 is 10.6 Å². The molecule has 0 aliphatic heterocycles. The second kappa shape index (κ2) is 7.10. The molecule has 2 aromatic rings. The predicted octanol–water partition coefficient (Wildman–Crippen LogP) is 3.40. The maximum absolute atomic E-state index is 11.9. The summed E-state index contributed by atoms with van der Waals surface area (Å²) in [4.78, 5) is 16.4. The largest absolute Gasteiger partial charge is 0.393 e. The fourth-order valence-corrected chi connectivity index (χ4v) is 3.50. The molecule has 3 N–H and O–H groups in total. The summed E-state index contributed by atoms with van der Waals surface area (Å²) in [7, 11) is 0. The molecule has 1 saturated carbocycles. The second-order valence-electron chi connectivity index (χ2n) is 5.92. The number of aliphatic hydroxyl groups is 1. The van der Waals surface area contributed by atoms with E-state index >= 15 is 0 Å². The third-order valence-corrected chi connectivity index (χ3v) is 4.97. The van der Waals surface area contributed by atoms with E-state index in [2.05, 4.69) is 15.6 Å². The summed E-state index contributed by atoms with van der Waals surface area (Å²) in [6.07, 6.45) is 2.57. The molecule has 1 heterocycles. The second-order valence-corrected chi connectivity index (χ2v) is 6.98. The zero-order valence-electron chi connectivity index (χ0n) is 13.1. The van der Waals surface area contributed by atoms with Gasteiger partial charge in [-0.05, 0) is 31.9 Å². The molecule has 0 unspecified atom stereocenters. The van der Waals surface area contributed by atoms with Gasteiger partial charge >= 0.3 is 6.03 Å². The number of aromatic nitrogens is 1. The zero-order valence-corrected chi connectivity index (χ0v) is 13.9. The smallest absolute Gasteiger partial charge is 0.319 e. The van der Waals surface area contributed by atoms with Crippen molar-refractivity contribution < 1.29 is 9.90 Å². The summed E-state index contributed by atoms with van der Waals surface area (Å²) in [6.45, 7) is 2.50. The number of nitrogens with one attached hydrogen (secondary N) is 2. The van der Waals surface area contributed by atoms with Crippen molar-refractivity contribution in [2.24, 2.45) is 5.92 Å². The molecule has 2 amide bonds. The number of carbonyl (C=O) groups is 1. The highest BCUT2D eigenvalue weighted by atomic mass is 32.1. The van der Waals surface area contributed by atoms with Gasteiger partial charge in [0.15, 0.2) is 0 Å². The van der Waals surface area contributed by atoms with Gasteiger partial charge in [0.2, 0.25) is 0 Å². The number of carbonyl (C=O) groups excluding carboxylic acids is 1. The van der Waals surface area contributed by atoms with E-state index < -0.39 is 0 Å². The van der Waals surface area contributed by atoms with E-state index in [1.165, 1.54) is 0 Å². The Kier molecular flexibility index (Phi) is 4.93. The van der Waals surface area contributed by atoms with Gasteiger partial charge in [0.25, 0.3) is 0 Å². The van der Waals surface area contributed by atoms with Gasteiger partial charge in [0.05, 0.1) is 16.8 Å². The van der Waals surface area contributed by atoms with Crippen LogP contribution in [0.5, 0.6) is 0 Å². The molecule has 122 valence electrons. The first-order valence-corrected chi connectivity index (χ1v) is 8.75. The molecule has 1 aromatic heterocycles. The van der Waals surface area contributed by atoms with Crippen LogP contribution in [0.25, 0.3) is 11.3 Å². The molecule has 0 bridgehead atoms. The van der Waals surface area contributed by atoms with Crippen LogP contribution in [0.2, 0.25) is 0 Å². The zero-order chi connectivity index (χ0) is 16.2. The van der Waals surface area contributed by atoms with Crippen LogP contribution in [-0.4, -0.2) is 28.8 Å². The minimum Gasteiger partial charge on any atom is -0.393 e. The van der Waals surface area contributed by atoms with Crippen molar-refractivity contribution in [3.8, 4) is 11.3 Å². The van der Waals surface area contributed by atoms with Crippen molar-refractivity contribution in [2.75, 3.05) is 11.9 Å². The van der Waals surface area contributed by atoms with Gasteiger partial charge < -0.3 is 15.7 Å². The van der Waals surface area contributed by atoms with Gasteiger partial charge in [0, 0.05) is 29.1 Å². The number of anilines is 1. The molecule has 3 rings (SSSR count). The molecule has 0 radical (unpaired) electrons. The fraction of sp³-hybridized carbons (Fsp3) is 0.412. The van der Waals surface area contributed by atoms with E-state index in [9.17, 15) is 9.90 Å². The Morgan fingerprint density at radius 2 is 2.13 bits per heavy atom. The molecule has 6 heteroatoms. The Labute approximate surface area is 139 Å². The van der Waals surface area contributed by atoms with Crippen LogP contribution in [0.3, 0.4) is 0 Å². The van der Waals surface area contributed by atoms with E-state index in [0.717, 1.165) is 41.2 Å². The standard InChI is InChI=1S/C17H21N3O2S/c1-11-19-15(10-23-11)12-5-7-14(8-6-12)20-17(22)18-9-13-3-2-4-16(13)21/h5-8,10,13,16,21H,2-4,9H2,1H3,(H2,18,20,22)/t13-,16-/m0/s1. The Bertz CT molecular complexity index is 669. The first-order chi connectivity index (χ1) is 11.1. The van der Waals surface area contributed by atoms with Gasteiger partial charge in [0.1, 0.15) is 0 Å². The average Bonchev–Trinajstić information content (AvgIpc) is 3.15. The fourth-order valence-electron chi connectivity index (χ4n) is 2.87. The highest BCUT2D eigenvalue weighted by Crippen LogP contribution is 2.25. The molecule has 1 aromatic carbocycles. The molecule has 23 heavy (non-hydrogen) atoms. The van der Waals surface area contributed by atoms with E-state index in [0.29, 0.717) is 6.54 Å². The molecular formula is C17H21N3O2S. The van der Waals surface area contributed by atoms with Crippen molar-refractivity contribution in [1.82, 2.24) is 10.3 Å². The number of aryl methyl sites for hydroxylation is 1. The van der Waals surface area contributed by atoms with E-state index in [1.807, 2.05) is 36.6 Å². The summed E-state index contributed by atoms with van der Waals surface area (Å²) in [5.41, 5.74) is 2.73. The number of nitrogens with zero attached hydrogens (tertiary/aromatic N) is 1. The molecular weight excluding hydrogens is 310 g/mol. The van der Waals surface area contributed by atoms with Gasteiger partial charge in [-0.1, -0.05) is 18.6 Å². The Morgan fingerprint density at radius 3 is 2.74 bits per heavy atom. The van der Waals surface area contributed by atoms with Crippen molar-refractivity contribution >= 4 is 23.1 Å². The van der Waals surface area contributed by atoms with Crippen molar-refractivity contribution in [2.45, 2.75) is 32.3 Å². The van der Waals surface area contributed by atoms with Crippen molar-refractivity contribution in [3.05, 3.63) is 34.7 Å². The van der Waals surface area contributed by atoms with Crippen molar-refractivity contribution in [3.63, 3.8) is 0 Å². The van der Waals surface area contributed by atoms with E-state index in [4.69, 9.17) is 0 Å². The lowest BCUT2D eigenvalue weighted by Crippen LogP contribution is -2.35. The minimum atomic E-state index is -0.281. The molecule has 2 atom stereocenters. The van der Waals surface area contributed by atoms with Gasteiger partial charge in [-0.15, -0.1) is 11.3 Å². The number of rotatable bonds is 4. The van der Waals surface area contributed by atoms with Gasteiger partial charge in [-0.3, -0.25) is 0 Å².